The highest BCUT2D eigenvalue weighted by atomic mass is 16.5. The van der Waals surface area contributed by atoms with Crippen molar-refractivity contribution in [1.29, 1.82) is 0 Å². The maximum absolute atomic E-state index is 11.9. The number of benzene rings is 1. The van der Waals surface area contributed by atoms with Crippen LogP contribution in [-0.4, -0.2) is 27.5 Å². The van der Waals surface area contributed by atoms with E-state index in [2.05, 4.69) is 15.0 Å². The van der Waals surface area contributed by atoms with E-state index < -0.39 is 0 Å². The molecule has 1 N–H and O–H groups in total. The highest BCUT2D eigenvalue weighted by Crippen LogP contribution is 2.22. The second kappa shape index (κ2) is 5.13. The van der Waals surface area contributed by atoms with Crippen LogP contribution < -0.4 is 0 Å². The molecule has 3 aromatic rings. The number of nitrogens with zero attached hydrogens (tertiary/aromatic N) is 2. The van der Waals surface area contributed by atoms with Gasteiger partial charge in [-0.3, -0.25) is 4.98 Å². The molecule has 0 radical (unpaired) electrons. The minimum absolute atomic E-state index is 0.342. The van der Waals surface area contributed by atoms with Crippen LogP contribution in [0.2, 0.25) is 0 Å². The molecule has 0 saturated carbocycles. The quantitative estimate of drug-likeness (QED) is 0.741. The van der Waals surface area contributed by atoms with Crippen LogP contribution in [0.4, 0.5) is 0 Å². The summed E-state index contributed by atoms with van der Waals surface area (Å²) < 4.78 is 5.05. The molecule has 2 heterocycles. The van der Waals surface area contributed by atoms with Crippen molar-refractivity contribution >= 4 is 17.0 Å². The number of nitrogens with one attached hydrogen (secondary N) is 1. The van der Waals surface area contributed by atoms with E-state index in [9.17, 15) is 4.79 Å². The molecule has 1 aromatic carbocycles. The smallest absolute Gasteiger partial charge is 0.340 e. The molecule has 0 amide bonds. The Kier molecular flexibility index (Phi) is 3.16. The SMILES string of the molecule is CCOC(=O)c1cccc2[nH]c(-c3cccnc3)nc12. The number of para-hydroxylation sites is 1. The summed E-state index contributed by atoms with van der Waals surface area (Å²) in [5, 5.41) is 0. The van der Waals surface area contributed by atoms with Gasteiger partial charge in [0, 0.05) is 18.0 Å². The highest BCUT2D eigenvalue weighted by Gasteiger charge is 2.14. The first-order valence-corrected chi connectivity index (χ1v) is 6.36. The van der Waals surface area contributed by atoms with Crippen molar-refractivity contribution in [2.24, 2.45) is 0 Å². The molecule has 0 aliphatic heterocycles. The number of hydrogen-bond donors (Lipinski definition) is 1. The van der Waals surface area contributed by atoms with Crippen LogP contribution >= 0.6 is 0 Å². The normalized spacial score (nSPS) is 10.7. The Balaban J connectivity index is 2.12. The summed E-state index contributed by atoms with van der Waals surface area (Å²) in [4.78, 5) is 23.7. The van der Waals surface area contributed by atoms with Gasteiger partial charge in [-0.2, -0.15) is 0 Å². The van der Waals surface area contributed by atoms with Crippen molar-refractivity contribution < 1.29 is 9.53 Å². The molecule has 0 atom stereocenters. The molecule has 0 bridgehead atoms. The summed E-state index contributed by atoms with van der Waals surface area (Å²) >= 11 is 0. The van der Waals surface area contributed by atoms with Crippen molar-refractivity contribution in [1.82, 2.24) is 15.0 Å². The zero-order valence-corrected chi connectivity index (χ0v) is 11.0. The lowest BCUT2D eigenvalue weighted by Gasteiger charge is -2.01. The fourth-order valence-electron chi connectivity index (χ4n) is 2.05. The van der Waals surface area contributed by atoms with Crippen LogP contribution in [-0.2, 0) is 4.74 Å². The molecule has 0 aliphatic rings. The maximum Gasteiger partial charge on any atom is 0.340 e. The zero-order valence-electron chi connectivity index (χ0n) is 11.0. The van der Waals surface area contributed by atoms with Crippen molar-refractivity contribution in [3.63, 3.8) is 0 Å². The second-order valence-corrected chi connectivity index (χ2v) is 4.25. The predicted molar refractivity (Wildman–Crippen MR) is 75.3 cm³/mol. The Bertz CT molecular complexity index is 750. The number of fused-ring (bicyclic) bond motifs is 1. The fourth-order valence-corrected chi connectivity index (χ4v) is 2.05. The number of esters is 1. The molecule has 100 valence electrons. The number of H-pyrrole nitrogens is 1. The molecule has 0 fully saturated rings. The lowest BCUT2D eigenvalue weighted by atomic mass is 10.2. The number of aromatic amines is 1. The predicted octanol–water partition coefficient (Wildman–Crippen LogP) is 2.80. The van der Waals surface area contributed by atoms with Crippen LogP contribution in [0.25, 0.3) is 22.4 Å². The van der Waals surface area contributed by atoms with Gasteiger partial charge in [0.05, 0.1) is 17.7 Å². The van der Waals surface area contributed by atoms with Gasteiger partial charge in [-0.15, -0.1) is 0 Å². The molecule has 3 rings (SSSR count). The van der Waals surface area contributed by atoms with E-state index in [1.165, 1.54) is 0 Å². The minimum atomic E-state index is -0.359. The molecule has 5 nitrogen and oxygen atoms in total. The van der Waals surface area contributed by atoms with Crippen LogP contribution in [0.5, 0.6) is 0 Å². The first kappa shape index (κ1) is 12.3. The Morgan fingerprint density at radius 3 is 2.95 bits per heavy atom. The summed E-state index contributed by atoms with van der Waals surface area (Å²) in [6, 6.07) is 9.16. The molecule has 0 spiro atoms. The zero-order chi connectivity index (χ0) is 13.9. The van der Waals surface area contributed by atoms with Crippen LogP contribution in [0.1, 0.15) is 17.3 Å². The van der Waals surface area contributed by atoms with Gasteiger partial charge in [0.1, 0.15) is 11.3 Å². The first-order valence-electron chi connectivity index (χ1n) is 6.36. The number of imidazole rings is 1. The molecule has 20 heavy (non-hydrogen) atoms. The van der Waals surface area contributed by atoms with Gasteiger partial charge in [0.25, 0.3) is 0 Å². The van der Waals surface area contributed by atoms with Crippen molar-refractivity contribution in [2.75, 3.05) is 6.61 Å². The van der Waals surface area contributed by atoms with E-state index in [0.29, 0.717) is 23.5 Å². The lowest BCUT2D eigenvalue weighted by molar-refractivity contribution is 0.0528. The minimum Gasteiger partial charge on any atom is -0.462 e. The highest BCUT2D eigenvalue weighted by molar-refractivity contribution is 6.02. The molecular formula is C15H13N3O2. The average Bonchev–Trinajstić information content (AvgIpc) is 2.92. The molecule has 0 saturated heterocycles. The summed E-state index contributed by atoms with van der Waals surface area (Å²) in [7, 11) is 0. The maximum atomic E-state index is 11.9. The third-order valence-corrected chi connectivity index (χ3v) is 2.94. The Morgan fingerprint density at radius 2 is 2.20 bits per heavy atom. The molecule has 2 aromatic heterocycles. The second-order valence-electron chi connectivity index (χ2n) is 4.25. The number of pyridine rings is 1. The molecule has 0 unspecified atom stereocenters. The molecule has 0 aliphatic carbocycles. The summed E-state index contributed by atoms with van der Waals surface area (Å²) in [5.41, 5.74) is 2.76. The third-order valence-electron chi connectivity index (χ3n) is 2.94. The topological polar surface area (TPSA) is 67.9 Å². The summed E-state index contributed by atoms with van der Waals surface area (Å²) in [6.45, 7) is 2.12. The number of carbonyl (C=O) groups excluding carboxylic acids is 1. The van der Waals surface area contributed by atoms with Gasteiger partial charge in [-0.25, -0.2) is 9.78 Å². The van der Waals surface area contributed by atoms with E-state index >= 15 is 0 Å². The van der Waals surface area contributed by atoms with Crippen molar-refractivity contribution in [2.45, 2.75) is 6.92 Å². The van der Waals surface area contributed by atoms with E-state index in [1.807, 2.05) is 18.2 Å². The van der Waals surface area contributed by atoms with Gasteiger partial charge in [0.15, 0.2) is 0 Å². The van der Waals surface area contributed by atoms with E-state index in [1.54, 1.807) is 31.5 Å². The van der Waals surface area contributed by atoms with E-state index in [-0.39, 0.29) is 5.97 Å². The Labute approximate surface area is 115 Å². The number of rotatable bonds is 3. The number of aromatic nitrogens is 3. The van der Waals surface area contributed by atoms with Gasteiger partial charge in [0.2, 0.25) is 0 Å². The van der Waals surface area contributed by atoms with Gasteiger partial charge < -0.3 is 9.72 Å². The summed E-state index contributed by atoms with van der Waals surface area (Å²) in [5.74, 6) is 0.326. The van der Waals surface area contributed by atoms with Gasteiger partial charge in [-0.05, 0) is 31.2 Å². The van der Waals surface area contributed by atoms with E-state index in [0.717, 1.165) is 11.1 Å². The van der Waals surface area contributed by atoms with Crippen LogP contribution in [0, 0.1) is 0 Å². The number of ether oxygens (including phenoxy) is 1. The van der Waals surface area contributed by atoms with Crippen LogP contribution in [0.3, 0.4) is 0 Å². The van der Waals surface area contributed by atoms with Crippen molar-refractivity contribution in [3.05, 3.63) is 48.3 Å². The molecule has 5 heteroatoms. The first-order chi connectivity index (χ1) is 9.79. The average molecular weight is 267 g/mol. The van der Waals surface area contributed by atoms with Gasteiger partial charge in [-0.1, -0.05) is 6.07 Å². The monoisotopic (exact) mass is 267 g/mol. The standard InChI is InChI=1S/C15H13N3O2/c1-2-20-15(19)11-6-3-7-12-13(11)18-14(17-12)10-5-4-8-16-9-10/h3-9H,2H2,1H3,(H,17,18). The number of carbonyl (C=O) groups is 1. The number of hydrogen-bond acceptors (Lipinski definition) is 4. The van der Waals surface area contributed by atoms with Crippen LogP contribution in [0.15, 0.2) is 42.7 Å². The third kappa shape index (κ3) is 2.14. The fraction of sp³-hybridized carbons (Fsp3) is 0.133. The van der Waals surface area contributed by atoms with Gasteiger partial charge >= 0.3 is 5.97 Å². The Hall–Kier alpha value is -2.69. The van der Waals surface area contributed by atoms with Crippen molar-refractivity contribution in [3.8, 4) is 11.4 Å². The molecular weight excluding hydrogens is 254 g/mol. The summed E-state index contributed by atoms with van der Waals surface area (Å²) in [6.07, 6.45) is 3.43. The van der Waals surface area contributed by atoms with E-state index in [4.69, 9.17) is 4.74 Å². The lowest BCUT2D eigenvalue weighted by Crippen LogP contribution is -2.05. The Morgan fingerprint density at radius 1 is 1.30 bits per heavy atom. The largest absolute Gasteiger partial charge is 0.462 e.